The Morgan fingerprint density at radius 1 is 1.16 bits per heavy atom. The molecule has 0 saturated heterocycles. The van der Waals surface area contributed by atoms with Crippen molar-refractivity contribution in [3.8, 4) is 17.2 Å². The highest BCUT2D eigenvalue weighted by molar-refractivity contribution is 5.99. The molecule has 0 aliphatic heterocycles. The van der Waals surface area contributed by atoms with Crippen molar-refractivity contribution in [2.45, 2.75) is 90.4 Å². The van der Waals surface area contributed by atoms with E-state index in [2.05, 4.69) is 16.0 Å². The lowest BCUT2D eigenvalue weighted by atomic mass is 9.89. The minimum atomic E-state index is -0.453. The van der Waals surface area contributed by atoms with E-state index < -0.39 is 5.60 Å². The summed E-state index contributed by atoms with van der Waals surface area (Å²) in [7, 11) is 1.76. The first-order valence-electron chi connectivity index (χ1n) is 13.2. The fraction of sp³-hybridized carbons (Fsp3) is 0.500. The molecule has 2 aromatic heterocycles. The molecule has 2 heterocycles. The molecule has 0 radical (unpaired) electrons. The maximum Gasteiger partial charge on any atom is 0.306 e. The van der Waals surface area contributed by atoms with Crippen molar-refractivity contribution in [1.82, 2.24) is 9.97 Å². The number of unbranched alkanes of at least 4 members (excludes halogenated alkanes) is 1. The second kappa shape index (κ2) is 11.9. The first-order chi connectivity index (χ1) is 17.7. The molecule has 4 rings (SSSR count). The maximum absolute atomic E-state index is 12.0. The molecule has 3 aromatic rings. The van der Waals surface area contributed by atoms with Crippen LogP contribution in [0.15, 0.2) is 47.2 Å². The van der Waals surface area contributed by atoms with Gasteiger partial charge in [-0.2, -0.15) is 0 Å². The molecule has 0 saturated carbocycles. The Labute approximate surface area is 219 Å². The van der Waals surface area contributed by atoms with Crippen LogP contribution in [0.3, 0.4) is 0 Å². The lowest BCUT2D eigenvalue weighted by molar-refractivity contribution is -0.154. The van der Waals surface area contributed by atoms with Crippen LogP contribution in [0.4, 0.5) is 0 Å². The molecule has 7 heteroatoms. The average molecular weight is 507 g/mol. The van der Waals surface area contributed by atoms with E-state index in [1.54, 1.807) is 7.11 Å². The molecule has 2 atom stereocenters. The SMILES string of the molecule is COC1CC=C(c2c(-c3ccccc3)oc3ncnc(O[C@H](C)CCCCC(=O)OC(C)(C)C)c23)CC1. The van der Waals surface area contributed by atoms with Gasteiger partial charge in [-0.3, -0.25) is 4.79 Å². The van der Waals surface area contributed by atoms with Crippen LogP contribution in [-0.2, 0) is 14.3 Å². The zero-order valence-electron chi connectivity index (χ0n) is 22.6. The van der Waals surface area contributed by atoms with E-state index in [1.165, 1.54) is 11.9 Å². The molecule has 198 valence electrons. The number of hydrogen-bond acceptors (Lipinski definition) is 7. The summed E-state index contributed by atoms with van der Waals surface area (Å²) in [6.07, 6.45) is 9.36. The van der Waals surface area contributed by atoms with E-state index in [-0.39, 0.29) is 18.2 Å². The first kappa shape index (κ1) is 26.9. The van der Waals surface area contributed by atoms with Gasteiger partial charge in [0.05, 0.1) is 12.2 Å². The van der Waals surface area contributed by atoms with Gasteiger partial charge in [0.1, 0.15) is 23.1 Å². The number of furan rings is 1. The van der Waals surface area contributed by atoms with E-state index in [0.29, 0.717) is 18.0 Å². The number of ether oxygens (including phenoxy) is 3. The Balaban J connectivity index is 1.55. The van der Waals surface area contributed by atoms with Crippen LogP contribution >= 0.6 is 0 Å². The second-order valence-corrected chi connectivity index (χ2v) is 10.7. The van der Waals surface area contributed by atoms with Crippen molar-refractivity contribution in [3.63, 3.8) is 0 Å². The summed E-state index contributed by atoms with van der Waals surface area (Å²) in [5, 5.41) is 0.809. The largest absolute Gasteiger partial charge is 0.474 e. The highest BCUT2D eigenvalue weighted by Gasteiger charge is 2.27. The molecule has 0 bridgehead atoms. The van der Waals surface area contributed by atoms with Crippen LogP contribution in [0.1, 0.15) is 78.2 Å². The van der Waals surface area contributed by atoms with E-state index in [0.717, 1.165) is 60.8 Å². The van der Waals surface area contributed by atoms with Crippen molar-refractivity contribution in [2.24, 2.45) is 0 Å². The Kier molecular flexibility index (Phi) is 8.64. The molecule has 1 aliphatic rings. The third-order valence-electron chi connectivity index (χ3n) is 6.48. The Morgan fingerprint density at radius 3 is 2.62 bits per heavy atom. The molecular weight excluding hydrogens is 468 g/mol. The average Bonchev–Trinajstić information content (AvgIpc) is 3.27. The first-order valence-corrected chi connectivity index (χ1v) is 13.2. The highest BCUT2D eigenvalue weighted by atomic mass is 16.6. The third-order valence-corrected chi connectivity index (χ3v) is 6.48. The number of rotatable bonds is 10. The molecule has 0 amide bonds. The molecule has 0 spiro atoms. The van der Waals surface area contributed by atoms with Gasteiger partial charge in [0.2, 0.25) is 11.6 Å². The van der Waals surface area contributed by atoms with E-state index in [4.69, 9.17) is 18.6 Å². The van der Waals surface area contributed by atoms with Crippen molar-refractivity contribution < 1.29 is 23.4 Å². The number of aromatic nitrogens is 2. The van der Waals surface area contributed by atoms with E-state index >= 15 is 0 Å². The molecule has 37 heavy (non-hydrogen) atoms. The summed E-state index contributed by atoms with van der Waals surface area (Å²) < 4.78 is 23.7. The molecule has 0 fully saturated rings. The number of nitrogens with zero attached hydrogens (tertiary/aromatic N) is 2. The molecular formula is C30H38N2O5. The number of hydrogen-bond donors (Lipinski definition) is 0. The van der Waals surface area contributed by atoms with Gasteiger partial charge in [0.15, 0.2) is 0 Å². The van der Waals surface area contributed by atoms with Crippen LogP contribution in [0, 0.1) is 0 Å². The van der Waals surface area contributed by atoms with Crippen LogP contribution in [0.2, 0.25) is 0 Å². The molecule has 1 aromatic carbocycles. The summed E-state index contributed by atoms with van der Waals surface area (Å²) in [6, 6.07) is 10.1. The summed E-state index contributed by atoms with van der Waals surface area (Å²) >= 11 is 0. The third kappa shape index (κ3) is 6.98. The Bertz CT molecular complexity index is 1230. The van der Waals surface area contributed by atoms with Gasteiger partial charge < -0.3 is 18.6 Å². The smallest absolute Gasteiger partial charge is 0.306 e. The van der Waals surface area contributed by atoms with E-state index in [9.17, 15) is 4.79 Å². The number of fused-ring (bicyclic) bond motifs is 1. The van der Waals surface area contributed by atoms with Gasteiger partial charge in [-0.25, -0.2) is 9.97 Å². The predicted molar refractivity (Wildman–Crippen MR) is 144 cm³/mol. The number of benzene rings is 1. The van der Waals surface area contributed by atoms with Crippen molar-refractivity contribution >= 4 is 22.6 Å². The summed E-state index contributed by atoms with van der Waals surface area (Å²) in [6.45, 7) is 7.68. The molecule has 1 unspecified atom stereocenters. The molecule has 0 N–H and O–H groups in total. The fourth-order valence-corrected chi connectivity index (χ4v) is 4.69. The number of carbonyl (C=O) groups is 1. The van der Waals surface area contributed by atoms with Crippen LogP contribution in [-0.4, -0.2) is 40.9 Å². The summed E-state index contributed by atoms with van der Waals surface area (Å²) in [5.41, 5.74) is 3.27. The standard InChI is InChI=1S/C30H38N2O5/c1-20(11-9-10-14-24(33)37-30(2,3)4)35-28-26-25(21-15-17-23(34-5)18-16-21)27(22-12-7-6-8-13-22)36-29(26)32-19-31-28/h6-8,12-13,15,19-20,23H,9-11,14,16-18H2,1-5H3/t20-,23?/m1/s1. The van der Waals surface area contributed by atoms with Gasteiger partial charge >= 0.3 is 5.97 Å². The number of carbonyl (C=O) groups excluding carboxylic acids is 1. The monoisotopic (exact) mass is 506 g/mol. The maximum atomic E-state index is 12.0. The predicted octanol–water partition coefficient (Wildman–Crippen LogP) is 7.14. The minimum absolute atomic E-state index is 0.0853. The number of esters is 1. The summed E-state index contributed by atoms with van der Waals surface area (Å²) in [5.74, 6) is 1.15. The van der Waals surface area contributed by atoms with Gasteiger partial charge in [-0.1, -0.05) is 36.4 Å². The van der Waals surface area contributed by atoms with Gasteiger partial charge in [0.25, 0.3) is 0 Å². The highest BCUT2D eigenvalue weighted by Crippen LogP contribution is 2.43. The van der Waals surface area contributed by atoms with Gasteiger partial charge in [0, 0.05) is 24.7 Å². The number of allylic oxidation sites excluding steroid dienone is 1. The lowest BCUT2D eigenvalue weighted by Gasteiger charge is -2.21. The van der Waals surface area contributed by atoms with Gasteiger partial charge in [-0.15, -0.1) is 0 Å². The van der Waals surface area contributed by atoms with Crippen molar-refractivity contribution in [1.29, 1.82) is 0 Å². The number of methoxy groups -OCH3 is 1. The van der Waals surface area contributed by atoms with Crippen LogP contribution < -0.4 is 4.74 Å². The Morgan fingerprint density at radius 2 is 1.95 bits per heavy atom. The van der Waals surface area contributed by atoms with Crippen molar-refractivity contribution in [3.05, 3.63) is 48.3 Å². The zero-order chi connectivity index (χ0) is 26.4. The quantitative estimate of drug-likeness (QED) is 0.213. The molecule has 7 nitrogen and oxygen atoms in total. The minimum Gasteiger partial charge on any atom is -0.474 e. The molecule has 1 aliphatic carbocycles. The van der Waals surface area contributed by atoms with Crippen molar-refractivity contribution in [2.75, 3.05) is 7.11 Å². The fourth-order valence-electron chi connectivity index (χ4n) is 4.69. The van der Waals surface area contributed by atoms with Crippen LogP contribution in [0.5, 0.6) is 5.88 Å². The van der Waals surface area contributed by atoms with Gasteiger partial charge in [-0.05, 0) is 71.8 Å². The normalized spacial score (nSPS) is 16.9. The lowest BCUT2D eigenvalue weighted by Crippen LogP contribution is -2.23. The van der Waals surface area contributed by atoms with Crippen LogP contribution in [0.25, 0.3) is 28.0 Å². The van der Waals surface area contributed by atoms with E-state index in [1.807, 2.05) is 58.0 Å². The zero-order valence-corrected chi connectivity index (χ0v) is 22.6. The second-order valence-electron chi connectivity index (χ2n) is 10.7. The topological polar surface area (TPSA) is 83.7 Å². The summed E-state index contributed by atoms with van der Waals surface area (Å²) in [4.78, 5) is 21.0. The Hall–Kier alpha value is -3.19.